The third-order valence-corrected chi connectivity index (χ3v) is 4.32. The summed E-state index contributed by atoms with van der Waals surface area (Å²) in [5, 5.41) is 0. The molecular formula is C21H20BrNO4. The van der Waals surface area contributed by atoms with E-state index in [1.807, 2.05) is 56.3 Å². The van der Waals surface area contributed by atoms with E-state index in [1.54, 1.807) is 6.08 Å². The first kappa shape index (κ1) is 19.2. The molecule has 0 atom stereocenters. The van der Waals surface area contributed by atoms with Crippen molar-refractivity contribution < 1.29 is 19.0 Å². The number of esters is 1. The second-order valence-electron chi connectivity index (χ2n) is 5.81. The van der Waals surface area contributed by atoms with Crippen molar-refractivity contribution in [3.8, 4) is 11.5 Å². The summed E-state index contributed by atoms with van der Waals surface area (Å²) < 4.78 is 17.5. The van der Waals surface area contributed by atoms with Crippen LogP contribution in [0.3, 0.4) is 0 Å². The van der Waals surface area contributed by atoms with Crippen molar-refractivity contribution in [2.24, 2.45) is 4.99 Å². The topological polar surface area (TPSA) is 57.1 Å². The predicted octanol–water partition coefficient (Wildman–Crippen LogP) is 4.98. The van der Waals surface area contributed by atoms with Crippen LogP contribution in [0.2, 0.25) is 0 Å². The monoisotopic (exact) mass is 429 g/mol. The summed E-state index contributed by atoms with van der Waals surface area (Å²) in [6.07, 6.45) is 2.57. The number of hydrogen-bond acceptors (Lipinski definition) is 5. The lowest BCUT2D eigenvalue weighted by atomic mass is 10.1. The van der Waals surface area contributed by atoms with Crippen LogP contribution < -0.4 is 9.47 Å². The fourth-order valence-corrected chi connectivity index (χ4v) is 3.12. The molecule has 140 valence electrons. The fourth-order valence-electron chi connectivity index (χ4n) is 2.55. The first-order valence-electron chi connectivity index (χ1n) is 8.79. The summed E-state index contributed by atoms with van der Waals surface area (Å²) in [4.78, 5) is 16.5. The summed E-state index contributed by atoms with van der Waals surface area (Å²) in [7, 11) is 0. The quantitative estimate of drug-likeness (QED) is 0.459. The van der Waals surface area contributed by atoms with Gasteiger partial charge in [-0.15, -0.1) is 0 Å². The number of carbonyl (C=O) groups is 1. The van der Waals surface area contributed by atoms with E-state index in [-0.39, 0.29) is 5.70 Å². The SMILES string of the molecule is CCCOc1c(Br)cc(/C=C2\N=C(c3ccccc3)OC2=O)cc1OCC. The number of halogens is 1. The van der Waals surface area contributed by atoms with Crippen molar-refractivity contribution in [3.05, 3.63) is 63.8 Å². The Balaban J connectivity index is 1.94. The van der Waals surface area contributed by atoms with Gasteiger partial charge in [0.15, 0.2) is 17.2 Å². The Labute approximate surface area is 166 Å². The Morgan fingerprint density at radius 1 is 1.15 bits per heavy atom. The molecule has 1 aliphatic heterocycles. The third kappa shape index (κ3) is 4.57. The Morgan fingerprint density at radius 2 is 1.93 bits per heavy atom. The second-order valence-corrected chi connectivity index (χ2v) is 6.67. The van der Waals surface area contributed by atoms with Crippen molar-refractivity contribution in [1.29, 1.82) is 0 Å². The molecule has 2 aromatic carbocycles. The molecule has 6 heteroatoms. The highest BCUT2D eigenvalue weighted by Crippen LogP contribution is 2.38. The molecule has 0 spiro atoms. The van der Waals surface area contributed by atoms with Crippen molar-refractivity contribution in [3.63, 3.8) is 0 Å². The molecule has 0 radical (unpaired) electrons. The molecule has 1 heterocycles. The number of ether oxygens (including phenoxy) is 3. The van der Waals surface area contributed by atoms with Crippen molar-refractivity contribution in [2.45, 2.75) is 20.3 Å². The minimum Gasteiger partial charge on any atom is -0.490 e. The second kappa shape index (κ2) is 8.86. The molecule has 0 aliphatic carbocycles. The molecule has 0 N–H and O–H groups in total. The van der Waals surface area contributed by atoms with Gasteiger partial charge >= 0.3 is 5.97 Å². The van der Waals surface area contributed by atoms with Gasteiger partial charge in [0, 0.05) is 5.56 Å². The molecule has 1 aliphatic rings. The number of benzene rings is 2. The first-order chi connectivity index (χ1) is 13.1. The maximum Gasteiger partial charge on any atom is 0.363 e. The van der Waals surface area contributed by atoms with Crippen LogP contribution in [0.1, 0.15) is 31.4 Å². The first-order valence-corrected chi connectivity index (χ1v) is 9.58. The van der Waals surface area contributed by atoms with Gasteiger partial charge in [0.05, 0.1) is 17.7 Å². The van der Waals surface area contributed by atoms with Crippen molar-refractivity contribution in [1.82, 2.24) is 0 Å². The zero-order valence-corrected chi connectivity index (χ0v) is 16.8. The minimum absolute atomic E-state index is 0.241. The van der Waals surface area contributed by atoms with Gasteiger partial charge in [0.25, 0.3) is 0 Å². The van der Waals surface area contributed by atoms with Crippen LogP contribution >= 0.6 is 15.9 Å². The fraction of sp³-hybridized carbons (Fsp3) is 0.238. The van der Waals surface area contributed by atoms with E-state index in [0.717, 1.165) is 22.0 Å². The Hall–Kier alpha value is -2.60. The number of rotatable bonds is 7. The van der Waals surface area contributed by atoms with E-state index >= 15 is 0 Å². The summed E-state index contributed by atoms with van der Waals surface area (Å²) in [5.74, 6) is 1.10. The zero-order chi connectivity index (χ0) is 19.2. The number of aliphatic imine (C=N–C) groups is 1. The Bertz CT molecular complexity index is 891. The average Bonchev–Trinajstić information content (AvgIpc) is 3.03. The van der Waals surface area contributed by atoms with Crippen LogP contribution in [-0.2, 0) is 9.53 Å². The van der Waals surface area contributed by atoms with Crippen LogP contribution in [0.25, 0.3) is 6.08 Å². The normalized spacial score (nSPS) is 14.9. The van der Waals surface area contributed by atoms with Crippen LogP contribution in [0.15, 0.2) is 57.6 Å². The molecule has 2 aromatic rings. The van der Waals surface area contributed by atoms with Crippen LogP contribution in [-0.4, -0.2) is 25.1 Å². The largest absolute Gasteiger partial charge is 0.490 e. The minimum atomic E-state index is -0.478. The molecule has 0 aromatic heterocycles. The average molecular weight is 430 g/mol. The number of nitrogens with zero attached hydrogens (tertiary/aromatic N) is 1. The molecule has 0 unspecified atom stereocenters. The lowest BCUT2D eigenvalue weighted by Crippen LogP contribution is -2.05. The van der Waals surface area contributed by atoms with Crippen molar-refractivity contribution in [2.75, 3.05) is 13.2 Å². The standard InChI is InChI=1S/C21H20BrNO4/c1-3-10-26-19-16(22)11-14(13-18(19)25-4-2)12-17-21(24)27-20(23-17)15-8-6-5-7-9-15/h5-9,11-13H,3-4,10H2,1-2H3/b17-12-. The zero-order valence-electron chi connectivity index (χ0n) is 15.2. The third-order valence-electron chi connectivity index (χ3n) is 3.73. The number of hydrogen-bond donors (Lipinski definition) is 0. The molecule has 0 bridgehead atoms. The molecule has 0 saturated carbocycles. The summed E-state index contributed by atoms with van der Waals surface area (Å²) in [6, 6.07) is 13.0. The van der Waals surface area contributed by atoms with Crippen LogP contribution in [0.4, 0.5) is 0 Å². The lowest BCUT2D eigenvalue weighted by Gasteiger charge is -2.14. The van der Waals surface area contributed by atoms with Crippen molar-refractivity contribution >= 4 is 33.9 Å². The molecule has 0 amide bonds. The molecular weight excluding hydrogens is 410 g/mol. The summed E-state index contributed by atoms with van der Waals surface area (Å²) in [5.41, 5.74) is 1.76. The number of cyclic esters (lactones) is 1. The summed E-state index contributed by atoms with van der Waals surface area (Å²) >= 11 is 3.53. The van der Waals surface area contributed by atoms with Gasteiger partial charge in [-0.1, -0.05) is 25.1 Å². The van der Waals surface area contributed by atoms with Gasteiger partial charge in [0.1, 0.15) is 0 Å². The highest BCUT2D eigenvalue weighted by molar-refractivity contribution is 9.10. The van der Waals surface area contributed by atoms with E-state index in [0.29, 0.717) is 30.6 Å². The predicted molar refractivity (Wildman–Crippen MR) is 108 cm³/mol. The van der Waals surface area contributed by atoms with Gasteiger partial charge in [-0.2, -0.15) is 0 Å². The molecule has 27 heavy (non-hydrogen) atoms. The maximum absolute atomic E-state index is 12.2. The lowest BCUT2D eigenvalue weighted by molar-refractivity contribution is -0.129. The highest BCUT2D eigenvalue weighted by Gasteiger charge is 2.24. The van der Waals surface area contributed by atoms with E-state index in [4.69, 9.17) is 14.2 Å². The highest BCUT2D eigenvalue weighted by atomic mass is 79.9. The number of carbonyl (C=O) groups excluding carboxylic acids is 1. The van der Waals surface area contributed by atoms with Gasteiger partial charge in [-0.05, 0) is 65.2 Å². The Morgan fingerprint density at radius 3 is 2.63 bits per heavy atom. The Kier molecular flexibility index (Phi) is 6.29. The van der Waals surface area contributed by atoms with E-state index in [2.05, 4.69) is 20.9 Å². The van der Waals surface area contributed by atoms with E-state index < -0.39 is 5.97 Å². The molecule has 0 saturated heterocycles. The smallest absolute Gasteiger partial charge is 0.363 e. The van der Waals surface area contributed by atoms with Crippen LogP contribution in [0.5, 0.6) is 11.5 Å². The maximum atomic E-state index is 12.2. The van der Waals surface area contributed by atoms with E-state index in [1.165, 1.54) is 0 Å². The molecule has 5 nitrogen and oxygen atoms in total. The summed E-state index contributed by atoms with van der Waals surface area (Å²) in [6.45, 7) is 5.05. The molecule has 3 rings (SSSR count). The van der Waals surface area contributed by atoms with Gasteiger partial charge in [-0.3, -0.25) is 0 Å². The molecule has 0 fully saturated rings. The van der Waals surface area contributed by atoms with Gasteiger partial charge in [-0.25, -0.2) is 9.79 Å². The van der Waals surface area contributed by atoms with E-state index in [9.17, 15) is 4.79 Å². The van der Waals surface area contributed by atoms with Crippen LogP contribution in [0, 0.1) is 0 Å². The van der Waals surface area contributed by atoms with Gasteiger partial charge in [0.2, 0.25) is 5.90 Å². The van der Waals surface area contributed by atoms with Gasteiger partial charge < -0.3 is 14.2 Å².